The predicted octanol–water partition coefficient (Wildman–Crippen LogP) is 1.26. The summed E-state index contributed by atoms with van der Waals surface area (Å²) in [5.74, 6) is 0. The first-order chi connectivity index (χ1) is 4.41. The molecule has 2 heteroatoms. The Bertz CT molecular complexity index is 30.7. The summed E-state index contributed by atoms with van der Waals surface area (Å²) in [4.78, 5) is 0. The van der Waals surface area contributed by atoms with E-state index >= 15 is 0 Å². The zero-order valence-electron chi connectivity index (χ0n) is 6.06. The SMILES string of the molecule is C1COCCO1.[CH2]CC. The van der Waals surface area contributed by atoms with Gasteiger partial charge in [0.15, 0.2) is 0 Å². The van der Waals surface area contributed by atoms with Crippen LogP contribution in [0.1, 0.15) is 13.3 Å². The Morgan fingerprint density at radius 2 is 1.33 bits per heavy atom. The fourth-order valence-electron chi connectivity index (χ4n) is 0.440. The van der Waals surface area contributed by atoms with Crippen LogP contribution in [0.25, 0.3) is 0 Å². The van der Waals surface area contributed by atoms with Crippen LogP contribution in [-0.2, 0) is 9.47 Å². The highest BCUT2D eigenvalue weighted by Gasteiger charge is 1.94. The van der Waals surface area contributed by atoms with Gasteiger partial charge in [-0.05, 0) is 0 Å². The minimum absolute atomic E-state index is 0.778. The highest BCUT2D eigenvalue weighted by molar-refractivity contribution is 4.37. The van der Waals surface area contributed by atoms with Crippen molar-refractivity contribution in [1.82, 2.24) is 0 Å². The molecule has 0 atom stereocenters. The molecular formula is C7H15O2. The van der Waals surface area contributed by atoms with Gasteiger partial charge in [0.2, 0.25) is 0 Å². The van der Waals surface area contributed by atoms with E-state index in [0.717, 1.165) is 32.8 Å². The van der Waals surface area contributed by atoms with Crippen LogP contribution in [0.2, 0.25) is 0 Å². The van der Waals surface area contributed by atoms with Crippen LogP contribution >= 0.6 is 0 Å². The zero-order chi connectivity index (χ0) is 6.95. The molecule has 1 fully saturated rings. The molecule has 55 valence electrons. The van der Waals surface area contributed by atoms with E-state index in [1.165, 1.54) is 0 Å². The first kappa shape index (κ1) is 8.92. The van der Waals surface area contributed by atoms with Gasteiger partial charge in [-0.2, -0.15) is 0 Å². The van der Waals surface area contributed by atoms with E-state index in [9.17, 15) is 0 Å². The van der Waals surface area contributed by atoms with Crippen LogP contribution in [0.3, 0.4) is 0 Å². The van der Waals surface area contributed by atoms with Gasteiger partial charge in [0.05, 0.1) is 26.4 Å². The van der Waals surface area contributed by atoms with E-state index in [1.807, 2.05) is 6.92 Å². The minimum atomic E-state index is 0.778. The maximum atomic E-state index is 4.94. The quantitative estimate of drug-likeness (QED) is 0.493. The maximum Gasteiger partial charge on any atom is 0.0701 e. The molecule has 2 nitrogen and oxygen atoms in total. The van der Waals surface area contributed by atoms with Crippen molar-refractivity contribution >= 4 is 0 Å². The molecule has 0 N–H and O–H groups in total. The lowest BCUT2D eigenvalue weighted by atomic mass is 10.6. The summed E-state index contributed by atoms with van der Waals surface area (Å²) in [6, 6.07) is 0. The second-order valence-electron chi connectivity index (χ2n) is 1.72. The number of hydrogen-bond acceptors (Lipinski definition) is 2. The smallest absolute Gasteiger partial charge is 0.0701 e. The molecule has 0 bridgehead atoms. The molecule has 0 aromatic rings. The van der Waals surface area contributed by atoms with Crippen molar-refractivity contribution in [2.24, 2.45) is 0 Å². The fraction of sp³-hybridized carbons (Fsp3) is 0.857. The number of ether oxygens (including phenoxy) is 2. The summed E-state index contributed by atoms with van der Waals surface area (Å²) in [7, 11) is 0. The second-order valence-corrected chi connectivity index (χ2v) is 1.72. The molecule has 0 saturated carbocycles. The zero-order valence-corrected chi connectivity index (χ0v) is 6.06. The third-order valence-electron chi connectivity index (χ3n) is 0.744. The second kappa shape index (κ2) is 7.92. The van der Waals surface area contributed by atoms with Crippen LogP contribution < -0.4 is 0 Å². The van der Waals surface area contributed by atoms with Gasteiger partial charge in [-0.3, -0.25) is 0 Å². The van der Waals surface area contributed by atoms with Gasteiger partial charge in [0, 0.05) is 0 Å². The van der Waals surface area contributed by atoms with Crippen molar-refractivity contribution in [3.05, 3.63) is 6.92 Å². The van der Waals surface area contributed by atoms with Gasteiger partial charge >= 0.3 is 0 Å². The lowest BCUT2D eigenvalue weighted by Crippen LogP contribution is -2.16. The molecule has 0 amide bonds. The molecule has 0 aromatic heterocycles. The van der Waals surface area contributed by atoms with Crippen LogP contribution in [0, 0.1) is 6.92 Å². The van der Waals surface area contributed by atoms with E-state index in [-0.39, 0.29) is 0 Å². The van der Waals surface area contributed by atoms with E-state index in [1.54, 1.807) is 0 Å². The average Bonchev–Trinajstić information content (AvgIpc) is 1.93. The van der Waals surface area contributed by atoms with Crippen molar-refractivity contribution in [3.8, 4) is 0 Å². The standard InChI is InChI=1S/C4H8O2.C3H7/c1-2-6-4-3-5-1;1-3-2/h1-4H2;1,3H2,2H3. The molecule has 0 aromatic carbocycles. The van der Waals surface area contributed by atoms with Gasteiger partial charge in [-0.15, -0.1) is 0 Å². The first-order valence-corrected chi connectivity index (χ1v) is 3.36. The Kier molecular flexibility index (Phi) is 7.85. The lowest BCUT2D eigenvalue weighted by molar-refractivity contribution is -0.0334. The summed E-state index contributed by atoms with van der Waals surface area (Å²) in [5.41, 5.74) is 0. The topological polar surface area (TPSA) is 18.5 Å². The summed E-state index contributed by atoms with van der Waals surface area (Å²) >= 11 is 0. The van der Waals surface area contributed by atoms with Gasteiger partial charge in [-0.1, -0.05) is 20.3 Å². The maximum absolute atomic E-state index is 4.94. The summed E-state index contributed by atoms with van der Waals surface area (Å²) in [5, 5.41) is 0. The third kappa shape index (κ3) is 7.92. The van der Waals surface area contributed by atoms with Gasteiger partial charge in [-0.25, -0.2) is 0 Å². The monoisotopic (exact) mass is 131 g/mol. The van der Waals surface area contributed by atoms with Crippen molar-refractivity contribution in [3.63, 3.8) is 0 Å². The summed E-state index contributed by atoms with van der Waals surface area (Å²) in [6.45, 7) is 8.61. The molecule has 1 rings (SSSR count). The van der Waals surface area contributed by atoms with E-state index in [4.69, 9.17) is 9.47 Å². The number of hydrogen-bond donors (Lipinski definition) is 0. The van der Waals surface area contributed by atoms with Crippen LogP contribution in [0.5, 0.6) is 0 Å². The van der Waals surface area contributed by atoms with Crippen molar-refractivity contribution in [2.45, 2.75) is 13.3 Å². The summed E-state index contributed by atoms with van der Waals surface area (Å²) < 4.78 is 9.89. The van der Waals surface area contributed by atoms with E-state index < -0.39 is 0 Å². The van der Waals surface area contributed by atoms with Crippen molar-refractivity contribution in [1.29, 1.82) is 0 Å². The van der Waals surface area contributed by atoms with Crippen molar-refractivity contribution < 1.29 is 9.47 Å². The highest BCUT2D eigenvalue weighted by atomic mass is 16.6. The Hall–Kier alpha value is -0.0800. The average molecular weight is 131 g/mol. The Morgan fingerprint density at radius 1 is 1.11 bits per heavy atom. The third-order valence-corrected chi connectivity index (χ3v) is 0.744. The van der Waals surface area contributed by atoms with Crippen LogP contribution in [-0.4, -0.2) is 26.4 Å². The molecule has 0 aliphatic carbocycles. The summed E-state index contributed by atoms with van der Waals surface area (Å²) in [6.07, 6.45) is 1.00. The minimum Gasteiger partial charge on any atom is -0.377 e. The Labute approximate surface area is 57.2 Å². The fourth-order valence-corrected chi connectivity index (χ4v) is 0.440. The molecule has 0 spiro atoms. The Morgan fingerprint density at radius 3 is 1.44 bits per heavy atom. The molecule has 1 aliphatic heterocycles. The van der Waals surface area contributed by atoms with E-state index in [2.05, 4.69) is 6.92 Å². The van der Waals surface area contributed by atoms with Gasteiger partial charge in [0.25, 0.3) is 0 Å². The van der Waals surface area contributed by atoms with Crippen molar-refractivity contribution in [2.75, 3.05) is 26.4 Å². The molecule has 0 unspecified atom stereocenters. The predicted molar refractivity (Wildman–Crippen MR) is 37.3 cm³/mol. The molecule has 1 radical (unpaired) electrons. The van der Waals surface area contributed by atoms with Gasteiger partial charge < -0.3 is 9.47 Å². The van der Waals surface area contributed by atoms with Crippen LogP contribution in [0.15, 0.2) is 0 Å². The highest BCUT2D eigenvalue weighted by Crippen LogP contribution is 1.85. The largest absolute Gasteiger partial charge is 0.377 e. The molecule has 1 aliphatic rings. The molecule has 9 heavy (non-hydrogen) atoms. The first-order valence-electron chi connectivity index (χ1n) is 3.36. The lowest BCUT2D eigenvalue weighted by Gasteiger charge is -2.09. The Balaban J connectivity index is 0.000000187. The van der Waals surface area contributed by atoms with Gasteiger partial charge in [0.1, 0.15) is 0 Å². The molecule has 1 heterocycles. The number of rotatable bonds is 0. The normalized spacial score (nSPS) is 18.0. The van der Waals surface area contributed by atoms with Crippen LogP contribution in [0.4, 0.5) is 0 Å². The molecular weight excluding hydrogens is 116 g/mol. The van der Waals surface area contributed by atoms with E-state index in [0.29, 0.717) is 0 Å². The molecule has 1 saturated heterocycles.